The first-order chi connectivity index (χ1) is 8.50. The average Bonchev–Trinajstić information content (AvgIpc) is 2.69. The number of sulfonamides is 1. The van der Waals surface area contributed by atoms with Crippen molar-refractivity contribution < 1.29 is 8.42 Å². The molecular formula is C10H18N4O2S2. The lowest BCUT2D eigenvalue weighted by Crippen LogP contribution is -2.32. The molecule has 1 aromatic rings. The smallest absolute Gasteiger partial charge is 0.260 e. The Labute approximate surface area is 111 Å². The lowest BCUT2D eigenvalue weighted by molar-refractivity contribution is 0.475. The molecule has 18 heavy (non-hydrogen) atoms. The molecule has 1 aliphatic heterocycles. The molecule has 0 aromatic carbocycles. The number of rotatable bonds is 4. The van der Waals surface area contributed by atoms with Crippen molar-refractivity contribution in [3.63, 3.8) is 0 Å². The highest BCUT2D eigenvalue weighted by atomic mass is 32.2. The van der Waals surface area contributed by atoms with Gasteiger partial charge in [0.05, 0.1) is 6.33 Å². The Hall–Kier alpha value is -0.730. The van der Waals surface area contributed by atoms with Gasteiger partial charge in [0.1, 0.15) is 0 Å². The molecule has 1 saturated heterocycles. The summed E-state index contributed by atoms with van der Waals surface area (Å²) in [5, 5.41) is 0.0488. The molecule has 1 aromatic heterocycles. The summed E-state index contributed by atoms with van der Waals surface area (Å²) in [5.74, 6) is 2.69. The van der Waals surface area contributed by atoms with Crippen molar-refractivity contribution in [1.29, 1.82) is 0 Å². The second-order valence-electron chi connectivity index (χ2n) is 4.45. The van der Waals surface area contributed by atoms with E-state index in [-0.39, 0.29) is 10.8 Å². The first-order valence-electron chi connectivity index (χ1n) is 5.85. The molecule has 1 fully saturated rings. The molecule has 3 N–H and O–H groups in total. The molecule has 8 heteroatoms. The number of imidazole rings is 1. The van der Waals surface area contributed by atoms with E-state index in [1.807, 2.05) is 11.8 Å². The maximum absolute atomic E-state index is 12.1. The van der Waals surface area contributed by atoms with E-state index in [0.29, 0.717) is 12.5 Å². The van der Waals surface area contributed by atoms with Gasteiger partial charge in [0, 0.05) is 13.6 Å². The van der Waals surface area contributed by atoms with Gasteiger partial charge in [0.15, 0.2) is 10.8 Å². The van der Waals surface area contributed by atoms with Crippen LogP contribution >= 0.6 is 11.8 Å². The van der Waals surface area contributed by atoms with E-state index in [1.165, 1.54) is 10.9 Å². The van der Waals surface area contributed by atoms with Gasteiger partial charge >= 0.3 is 0 Å². The zero-order valence-corrected chi connectivity index (χ0v) is 11.9. The first-order valence-corrected chi connectivity index (χ1v) is 8.48. The standard InChI is InChI=1S/C10H18N4O2S2/c1-14-7-12-9(11)10(14)18(15,16)13-6-8-2-4-17-5-3-8/h7-8,13H,2-6,11H2,1H3. The normalized spacial score (nSPS) is 18.1. The largest absolute Gasteiger partial charge is 0.381 e. The van der Waals surface area contributed by atoms with Crippen LogP contribution in [0.5, 0.6) is 0 Å². The number of hydrogen-bond donors (Lipinski definition) is 2. The number of aromatic nitrogens is 2. The van der Waals surface area contributed by atoms with Gasteiger partial charge in [-0.1, -0.05) is 0 Å². The molecule has 0 saturated carbocycles. The van der Waals surface area contributed by atoms with Crippen LogP contribution in [0, 0.1) is 5.92 Å². The van der Waals surface area contributed by atoms with Gasteiger partial charge in [-0.25, -0.2) is 18.1 Å². The van der Waals surface area contributed by atoms with E-state index in [1.54, 1.807) is 7.05 Å². The van der Waals surface area contributed by atoms with Crippen molar-refractivity contribution in [3.8, 4) is 0 Å². The summed E-state index contributed by atoms with van der Waals surface area (Å²) in [4.78, 5) is 3.80. The van der Waals surface area contributed by atoms with Gasteiger partial charge in [-0.3, -0.25) is 0 Å². The molecule has 2 rings (SSSR count). The minimum absolute atomic E-state index is 0.0456. The monoisotopic (exact) mass is 290 g/mol. The zero-order valence-electron chi connectivity index (χ0n) is 10.3. The molecule has 2 heterocycles. The van der Waals surface area contributed by atoms with Crippen molar-refractivity contribution in [3.05, 3.63) is 6.33 Å². The van der Waals surface area contributed by atoms with Gasteiger partial charge < -0.3 is 10.3 Å². The number of hydrogen-bond acceptors (Lipinski definition) is 5. The first kappa shape index (κ1) is 13.7. The Morgan fingerprint density at radius 3 is 2.78 bits per heavy atom. The highest BCUT2D eigenvalue weighted by Gasteiger charge is 2.24. The van der Waals surface area contributed by atoms with Gasteiger partial charge in [-0.2, -0.15) is 11.8 Å². The SMILES string of the molecule is Cn1cnc(N)c1S(=O)(=O)NCC1CCSCC1. The molecular weight excluding hydrogens is 272 g/mol. The molecule has 0 aliphatic carbocycles. The van der Waals surface area contributed by atoms with Crippen LogP contribution in [-0.4, -0.2) is 36.0 Å². The predicted molar refractivity (Wildman–Crippen MR) is 72.9 cm³/mol. The fourth-order valence-electron chi connectivity index (χ4n) is 2.01. The highest BCUT2D eigenvalue weighted by Crippen LogP contribution is 2.23. The summed E-state index contributed by atoms with van der Waals surface area (Å²) in [6, 6.07) is 0. The third-order valence-electron chi connectivity index (χ3n) is 3.07. The Balaban J connectivity index is 2.03. The minimum atomic E-state index is -3.56. The summed E-state index contributed by atoms with van der Waals surface area (Å²) in [6.07, 6.45) is 3.53. The Bertz CT molecular complexity index is 486. The lowest BCUT2D eigenvalue weighted by atomic mass is 10.0. The predicted octanol–water partition coefficient (Wildman–Crippen LogP) is 0.424. The third kappa shape index (κ3) is 2.99. The second-order valence-corrected chi connectivity index (χ2v) is 7.36. The number of nitrogens with two attached hydrogens (primary N) is 1. The van der Waals surface area contributed by atoms with Crippen molar-refractivity contribution in [2.45, 2.75) is 17.9 Å². The van der Waals surface area contributed by atoms with Crippen LogP contribution in [0.2, 0.25) is 0 Å². The number of nitrogen functional groups attached to an aromatic ring is 1. The number of aryl methyl sites for hydroxylation is 1. The number of nitrogens with one attached hydrogen (secondary N) is 1. The van der Waals surface area contributed by atoms with Crippen LogP contribution < -0.4 is 10.5 Å². The molecule has 0 spiro atoms. The number of anilines is 1. The van der Waals surface area contributed by atoms with Crippen LogP contribution in [0.4, 0.5) is 5.82 Å². The molecule has 0 atom stereocenters. The minimum Gasteiger partial charge on any atom is -0.381 e. The van der Waals surface area contributed by atoms with Crippen LogP contribution in [0.15, 0.2) is 11.4 Å². The third-order valence-corrected chi connectivity index (χ3v) is 5.67. The fourth-order valence-corrected chi connectivity index (χ4v) is 4.56. The highest BCUT2D eigenvalue weighted by molar-refractivity contribution is 7.99. The molecule has 0 amide bonds. The Kier molecular flexibility index (Phi) is 4.18. The fraction of sp³-hybridized carbons (Fsp3) is 0.700. The second kappa shape index (κ2) is 5.50. The van der Waals surface area contributed by atoms with Gasteiger partial charge in [0.2, 0.25) is 0 Å². The summed E-state index contributed by atoms with van der Waals surface area (Å²) in [5.41, 5.74) is 5.58. The summed E-state index contributed by atoms with van der Waals surface area (Å²) in [7, 11) is -1.94. The van der Waals surface area contributed by atoms with Crippen molar-refractivity contribution >= 4 is 27.6 Å². The van der Waals surface area contributed by atoms with Crippen LogP contribution in [0.25, 0.3) is 0 Å². The Morgan fingerprint density at radius 2 is 2.22 bits per heavy atom. The molecule has 102 valence electrons. The quantitative estimate of drug-likeness (QED) is 0.839. The summed E-state index contributed by atoms with van der Waals surface area (Å²) >= 11 is 1.92. The van der Waals surface area contributed by atoms with E-state index >= 15 is 0 Å². The van der Waals surface area contributed by atoms with Gasteiger partial charge in [0.25, 0.3) is 10.0 Å². The average molecular weight is 290 g/mol. The van der Waals surface area contributed by atoms with Crippen molar-refractivity contribution in [2.24, 2.45) is 13.0 Å². The summed E-state index contributed by atoms with van der Waals surface area (Å²) < 4.78 is 28.3. The molecule has 0 radical (unpaired) electrons. The van der Waals surface area contributed by atoms with Crippen LogP contribution in [-0.2, 0) is 17.1 Å². The molecule has 1 aliphatic rings. The van der Waals surface area contributed by atoms with Crippen molar-refractivity contribution in [2.75, 3.05) is 23.8 Å². The van der Waals surface area contributed by atoms with E-state index in [4.69, 9.17) is 5.73 Å². The molecule has 0 unspecified atom stereocenters. The van der Waals surface area contributed by atoms with Gasteiger partial charge in [-0.05, 0) is 30.3 Å². The summed E-state index contributed by atoms with van der Waals surface area (Å²) in [6.45, 7) is 0.480. The topological polar surface area (TPSA) is 90.0 Å². The maximum atomic E-state index is 12.1. The van der Waals surface area contributed by atoms with Crippen LogP contribution in [0.1, 0.15) is 12.8 Å². The van der Waals surface area contributed by atoms with E-state index in [0.717, 1.165) is 24.3 Å². The molecule has 0 bridgehead atoms. The van der Waals surface area contributed by atoms with E-state index < -0.39 is 10.0 Å². The maximum Gasteiger partial charge on any atom is 0.260 e. The van der Waals surface area contributed by atoms with E-state index in [9.17, 15) is 8.42 Å². The lowest BCUT2D eigenvalue weighted by Gasteiger charge is -2.21. The zero-order chi connectivity index (χ0) is 13.2. The van der Waals surface area contributed by atoms with Gasteiger partial charge in [-0.15, -0.1) is 0 Å². The number of thioether (sulfide) groups is 1. The molecule has 6 nitrogen and oxygen atoms in total. The Morgan fingerprint density at radius 1 is 1.56 bits per heavy atom. The number of nitrogens with zero attached hydrogens (tertiary/aromatic N) is 2. The van der Waals surface area contributed by atoms with Crippen molar-refractivity contribution in [1.82, 2.24) is 14.3 Å². The van der Waals surface area contributed by atoms with E-state index in [2.05, 4.69) is 9.71 Å². The van der Waals surface area contributed by atoms with Crippen LogP contribution in [0.3, 0.4) is 0 Å².